The molecule has 0 unspecified atom stereocenters. The third-order valence-corrected chi connectivity index (χ3v) is 2.04. The minimum atomic E-state index is 0.422. The van der Waals surface area contributed by atoms with E-state index in [9.17, 15) is 0 Å². The predicted molar refractivity (Wildman–Crippen MR) is 51.3 cm³/mol. The van der Waals surface area contributed by atoms with Gasteiger partial charge in [-0.15, -0.1) is 0 Å². The molecule has 2 rings (SSSR count). The summed E-state index contributed by atoms with van der Waals surface area (Å²) in [4.78, 5) is 4.18. The van der Waals surface area contributed by atoms with Crippen LogP contribution in [0.25, 0.3) is 11.4 Å². The largest absolute Gasteiger partial charge is 0.275 e. The summed E-state index contributed by atoms with van der Waals surface area (Å²) in [6.07, 6.45) is 1.71. The van der Waals surface area contributed by atoms with E-state index in [1.165, 1.54) is 0 Å². The third-order valence-electron chi connectivity index (χ3n) is 2.04. The Morgan fingerprint density at radius 1 is 1.43 bits per heavy atom. The molecule has 2 aromatic heterocycles. The zero-order valence-corrected chi connectivity index (χ0v) is 7.65. The van der Waals surface area contributed by atoms with Gasteiger partial charge in [-0.2, -0.15) is 10.4 Å². The van der Waals surface area contributed by atoms with Crippen LogP contribution in [-0.2, 0) is 0 Å². The van der Waals surface area contributed by atoms with Gasteiger partial charge in [0, 0.05) is 11.8 Å². The van der Waals surface area contributed by atoms with Crippen molar-refractivity contribution in [3.63, 3.8) is 0 Å². The van der Waals surface area contributed by atoms with E-state index in [0.29, 0.717) is 5.69 Å². The topological polar surface area (TPSA) is 65.4 Å². The van der Waals surface area contributed by atoms with Crippen molar-refractivity contribution in [2.24, 2.45) is 0 Å². The van der Waals surface area contributed by atoms with Crippen LogP contribution in [0.3, 0.4) is 0 Å². The lowest BCUT2D eigenvalue weighted by Gasteiger charge is -1.96. The minimum absolute atomic E-state index is 0.422. The molecule has 0 aliphatic rings. The molecule has 0 saturated heterocycles. The number of H-pyrrole nitrogens is 1. The minimum Gasteiger partial charge on any atom is -0.275 e. The van der Waals surface area contributed by atoms with Gasteiger partial charge in [-0.05, 0) is 19.1 Å². The molecule has 68 valence electrons. The first-order valence-electron chi connectivity index (χ1n) is 4.19. The molecule has 0 aliphatic heterocycles. The number of rotatable bonds is 1. The molecular formula is C10H8N4. The molecule has 4 heteroatoms. The number of hydrogen-bond donors (Lipinski definition) is 1. The fourth-order valence-electron chi connectivity index (χ4n) is 1.27. The van der Waals surface area contributed by atoms with Crippen LogP contribution in [0.1, 0.15) is 11.3 Å². The lowest BCUT2D eigenvalue weighted by molar-refractivity contribution is 1.07. The molecule has 0 aliphatic carbocycles. The summed E-state index contributed by atoms with van der Waals surface area (Å²) in [5, 5.41) is 15.4. The third kappa shape index (κ3) is 1.25. The lowest BCUT2D eigenvalue weighted by atomic mass is 10.1. The Hall–Kier alpha value is -2.15. The van der Waals surface area contributed by atoms with E-state index < -0.39 is 0 Å². The molecule has 0 saturated carbocycles. The van der Waals surface area contributed by atoms with Crippen molar-refractivity contribution in [1.29, 1.82) is 5.26 Å². The fourth-order valence-corrected chi connectivity index (χ4v) is 1.27. The van der Waals surface area contributed by atoms with Gasteiger partial charge in [0.25, 0.3) is 0 Å². The normalized spacial score (nSPS) is 9.71. The quantitative estimate of drug-likeness (QED) is 0.732. The number of aromatic amines is 1. The lowest BCUT2D eigenvalue weighted by Crippen LogP contribution is -1.84. The van der Waals surface area contributed by atoms with Crippen LogP contribution in [0, 0.1) is 18.3 Å². The Labute approximate surface area is 81.2 Å². The zero-order valence-electron chi connectivity index (χ0n) is 7.65. The number of nitriles is 1. The van der Waals surface area contributed by atoms with Gasteiger partial charge in [0.1, 0.15) is 6.07 Å². The van der Waals surface area contributed by atoms with Crippen molar-refractivity contribution in [1.82, 2.24) is 15.2 Å². The van der Waals surface area contributed by atoms with Gasteiger partial charge in [-0.1, -0.05) is 6.07 Å². The highest BCUT2D eigenvalue weighted by atomic mass is 15.1. The molecule has 0 spiro atoms. The summed E-state index contributed by atoms with van der Waals surface area (Å²) in [6.45, 7) is 1.85. The molecule has 0 fully saturated rings. The molecule has 0 aromatic carbocycles. The average molecular weight is 184 g/mol. The van der Waals surface area contributed by atoms with Crippen LogP contribution in [-0.4, -0.2) is 15.2 Å². The molecule has 4 nitrogen and oxygen atoms in total. The van der Waals surface area contributed by atoms with E-state index in [2.05, 4.69) is 15.2 Å². The summed E-state index contributed by atoms with van der Waals surface area (Å²) in [5.74, 6) is 0. The summed E-state index contributed by atoms with van der Waals surface area (Å²) in [7, 11) is 0. The highest BCUT2D eigenvalue weighted by molar-refractivity contribution is 5.60. The van der Waals surface area contributed by atoms with Gasteiger partial charge in [0.05, 0.1) is 11.4 Å². The van der Waals surface area contributed by atoms with Crippen molar-refractivity contribution >= 4 is 0 Å². The first kappa shape index (κ1) is 8.45. The number of nitrogens with one attached hydrogen (secondary N) is 1. The van der Waals surface area contributed by atoms with Crippen LogP contribution in [0.2, 0.25) is 0 Å². The van der Waals surface area contributed by atoms with Crippen LogP contribution in [0.5, 0.6) is 0 Å². The number of pyridine rings is 1. The molecule has 2 aromatic rings. The predicted octanol–water partition coefficient (Wildman–Crippen LogP) is 1.65. The average Bonchev–Trinajstić information content (AvgIpc) is 2.61. The Morgan fingerprint density at radius 3 is 2.86 bits per heavy atom. The van der Waals surface area contributed by atoms with Crippen LogP contribution in [0.4, 0.5) is 0 Å². The number of hydrogen-bond acceptors (Lipinski definition) is 3. The van der Waals surface area contributed by atoms with E-state index in [4.69, 9.17) is 5.26 Å². The van der Waals surface area contributed by atoms with E-state index in [1.54, 1.807) is 6.20 Å². The summed E-state index contributed by atoms with van der Waals surface area (Å²) < 4.78 is 0. The Bertz CT molecular complexity index is 479. The second-order valence-electron chi connectivity index (χ2n) is 2.90. The number of aromatic nitrogens is 3. The van der Waals surface area contributed by atoms with Crippen molar-refractivity contribution < 1.29 is 0 Å². The van der Waals surface area contributed by atoms with Gasteiger partial charge in [-0.25, -0.2) is 0 Å². The van der Waals surface area contributed by atoms with Crippen LogP contribution in [0.15, 0.2) is 24.4 Å². The van der Waals surface area contributed by atoms with Crippen molar-refractivity contribution in [3.05, 3.63) is 35.7 Å². The zero-order chi connectivity index (χ0) is 9.97. The standard InChI is InChI=1S/C10H8N4/c1-7-9(6-11)13-14-10(7)8-4-2-3-5-12-8/h2-5H,1H3,(H,13,14). The highest BCUT2D eigenvalue weighted by Gasteiger charge is 2.09. The molecule has 14 heavy (non-hydrogen) atoms. The van der Waals surface area contributed by atoms with Gasteiger partial charge in [-0.3, -0.25) is 10.1 Å². The smallest absolute Gasteiger partial charge is 0.165 e. The van der Waals surface area contributed by atoms with Crippen molar-refractivity contribution in [2.75, 3.05) is 0 Å². The summed E-state index contributed by atoms with van der Waals surface area (Å²) >= 11 is 0. The summed E-state index contributed by atoms with van der Waals surface area (Å²) in [5.41, 5.74) is 2.87. The van der Waals surface area contributed by atoms with E-state index in [0.717, 1.165) is 17.0 Å². The van der Waals surface area contributed by atoms with Crippen molar-refractivity contribution in [3.8, 4) is 17.5 Å². The Morgan fingerprint density at radius 2 is 2.29 bits per heavy atom. The molecule has 1 N–H and O–H groups in total. The van der Waals surface area contributed by atoms with Gasteiger partial charge in [0.15, 0.2) is 5.69 Å². The summed E-state index contributed by atoms with van der Waals surface area (Å²) in [6, 6.07) is 7.64. The van der Waals surface area contributed by atoms with Gasteiger partial charge in [0.2, 0.25) is 0 Å². The monoisotopic (exact) mass is 184 g/mol. The maximum Gasteiger partial charge on any atom is 0.165 e. The first-order valence-corrected chi connectivity index (χ1v) is 4.19. The van der Waals surface area contributed by atoms with Crippen molar-refractivity contribution in [2.45, 2.75) is 6.92 Å². The Balaban J connectivity index is 2.54. The molecule has 0 amide bonds. The second kappa shape index (κ2) is 3.30. The second-order valence-corrected chi connectivity index (χ2v) is 2.90. The highest BCUT2D eigenvalue weighted by Crippen LogP contribution is 2.19. The SMILES string of the molecule is Cc1c(C#N)n[nH]c1-c1ccccn1. The molecular weight excluding hydrogens is 176 g/mol. The van der Waals surface area contributed by atoms with Crippen LogP contribution < -0.4 is 0 Å². The maximum absolute atomic E-state index is 8.73. The Kier molecular flexibility index (Phi) is 1.99. The molecule has 0 bridgehead atoms. The van der Waals surface area contributed by atoms with E-state index in [1.807, 2.05) is 31.2 Å². The van der Waals surface area contributed by atoms with E-state index >= 15 is 0 Å². The maximum atomic E-state index is 8.73. The van der Waals surface area contributed by atoms with Gasteiger partial charge < -0.3 is 0 Å². The van der Waals surface area contributed by atoms with Crippen LogP contribution >= 0.6 is 0 Å². The van der Waals surface area contributed by atoms with Gasteiger partial charge >= 0.3 is 0 Å². The first-order chi connectivity index (χ1) is 6.83. The number of nitrogens with zero attached hydrogens (tertiary/aromatic N) is 3. The fraction of sp³-hybridized carbons (Fsp3) is 0.100. The van der Waals surface area contributed by atoms with E-state index in [-0.39, 0.29) is 0 Å². The molecule has 2 heterocycles. The molecule has 0 radical (unpaired) electrons. The molecule has 0 atom stereocenters.